The van der Waals surface area contributed by atoms with Gasteiger partial charge in [-0.25, -0.2) is 9.37 Å². The molecular weight excluding hydrogens is 310 g/mol. The van der Waals surface area contributed by atoms with Gasteiger partial charge < -0.3 is 9.47 Å². The van der Waals surface area contributed by atoms with E-state index in [-0.39, 0.29) is 10.6 Å². The molecule has 1 aromatic carbocycles. The van der Waals surface area contributed by atoms with E-state index in [0.717, 1.165) is 23.5 Å². The SMILES string of the molecule is COC(OC)c1csc(-c2cc(C(F)(F)F)ccc2F)n1. The van der Waals surface area contributed by atoms with Crippen LogP contribution < -0.4 is 0 Å². The highest BCUT2D eigenvalue weighted by atomic mass is 32.1. The maximum Gasteiger partial charge on any atom is 0.416 e. The number of halogens is 4. The van der Waals surface area contributed by atoms with Crippen LogP contribution in [0.15, 0.2) is 23.6 Å². The van der Waals surface area contributed by atoms with Gasteiger partial charge in [0, 0.05) is 25.2 Å². The van der Waals surface area contributed by atoms with E-state index < -0.39 is 23.8 Å². The minimum Gasteiger partial charge on any atom is -0.350 e. The Morgan fingerprint density at radius 3 is 2.43 bits per heavy atom. The summed E-state index contributed by atoms with van der Waals surface area (Å²) < 4.78 is 61.8. The van der Waals surface area contributed by atoms with Crippen LogP contribution in [0.4, 0.5) is 17.6 Å². The molecule has 0 unspecified atom stereocenters. The molecule has 0 spiro atoms. The predicted octanol–water partition coefficient (Wildman–Crippen LogP) is 4.26. The summed E-state index contributed by atoms with van der Waals surface area (Å²) in [5, 5.41) is 1.68. The fourth-order valence-electron chi connectivity index (χ4n) is 1.72. The van der Waals surface area contributed by atoms with Crippen molar-refractivity contribution in [1.29, 1.82) is 0 Å². The average Bonchev–Trinajstić information content (AvgIpc) is 2.89. The van der Waals surface area contributed by atoms with Gasteiger partial charge >= 0.3 is 6.18 Å². The zero-order chi connectivity index (χ0) is 15.6. The van der Waals surface area contributed by atoms with Crippen LogP contribution >= 0.6 is 11.3 Å². The molecule has 1 heterocycles. The molecule has 0 saturated heterocycles. The first-order valence-electron chi connectivity index (χ1n) is 5.75. The largest absolute Gasteiger partial charge is 0.416 e. The molecule has 0 aliphatic carbocycles. The van der Waals surface area contributed by atoms with Gasteiger partial charge in [0.15, 0.2) is 0 Å². The van der Waals surface area contributed by atoms with Crippen molar-refractivity contribution in [3.63, 3.8) is 0 Å². The van der Waals surface area contributed by atoms with Gasteiger partial charge in [-0.2, -0.15) is 13.2 Å². The van der Waals surface area contributed by atoms with E-state index in [9.17, 15) is 17.6 Å². The third-order valence-electron chi connectivity index (χ3n) is 2.72. The number of alkyl halides is 3. The summed E-state index contributed by atoms with van der Waals surface area (Å²) >= 11 is 1.02. The van der Waals surface area contributed by atoms with Crippen LogP contribution in [0.1, 0.15) is 17.5 Å². The molecule has 0 radical (unpaired) electrons. The van der Waals surface area contributed by atoms with Gasteiger partial charge in [0.05, 0.1) is 5.56 Å². The molecule has 8 heteroatoms. The number of hydrogen-bond acceptors (Lipinski definition) is 4. The molecule has 3 nitrogen and oxygen atoms in total. The summed E-state index contributed by atoms with van der Waals surface area (Å²) in [5.74, 6) is -0.768. The average molecular weight is 321 g/mol. The van der Waals surface area contributed by atoms with Gasteiger partial charge in [0.2, 0.25) is 6.29 Å². The normalized spacial score (nSPS) is 12.1. The van der Waals surface area contributed by atoms with Gasteiger partial charge in [-0.05, 0) is 18.2 Å². The van der Waals surface area contributed by atoms with Crippen molar-refractivity contribution in [2.75, 3.05) is 14.2 Å². The fourth-order valence-corrected chi connectivity index (χ4v) is 2.56. The van der Waals surface area contributed by atoms with E-state index in [1.165, 1.54) is 14.2 Å². The number of rotatable bonds is 4. The van der Waals surface area contributed by atoms with Crippen LogP contribution in [0.5, 0.6) is 0 Å². The summed E-state index contributed by atoms with van der Waals surface area (Å²) in [4.78, 5) is 4.07. The predicted molar refractivity (Wildman–Crippen MR) is 69.3 cm³/mol. The van der Waals surface area contributed by atoms with Crippen LogP contribution in [0, 0.1) is 5.82 Å². The maximum absolute atomic E-state index is 13.8. The molecule has 2 rings (SSSR count). The lowest BCUT2D eigenvalue weighted by atomic mass is 10.1. The standard InChI is InChI=1S/C13H11F4NO2S/c1-19-12(20-2)10-6-21-11(18-10)8-5-7(13(15,16)17)3-4-9(8)14/h3-6,12H,1-2H3. The lowest BCUT2D eigenvalue weighted by molar-refractivity contribution is -0.137. The first-order chi connectivity index (χ1) is 9.86. The molecule has 1 aromatic heterocycles. The molecule has 0 aliphatic heterocycles. The number of methoxy groups -OCH3 is 2. The van der Waals surface area contributed by atoms with Gasteiger partial charge in [-0.3, -0.25) is 0 Å². The second-order valence-corrected chi connectivity index (χ2v) is 4.93. The third-order valence-corrected chi connectivity index (χ3v) is 3.61. The van der Waals surface area contributed by atoms with Crippen molar-refractivity contribution in [3.8, 4) is 10.6 Å². The van der Waals surface area contributed by atoms with Crippen molar-refractivity contribution >= 4 is 11.3 Å². The van der Waals surface area contributed by atoms with Crippen LogP contribution in [-0.2, 0) is 15.7 Å². The number of nitrogens with zero attached hydrogens (tertiary/aromatic N) is 1. The summed E-state index contributed by atoms with van der Waals surface area (Å²) in [6.07, 6.45) is -5.28. The summed E-state index contributed by atoms with van der Waals surface area (Å²) in [6, 6.07) is 2.22. The van der Waals surface area contributed by atoms with Crippen molar-refractivity contribution < 1.29 is 27.0 Å². The molecule has 0 N–H and O–H groups in total. The van der Waals surface area contributed by atoms with Crippen molar-refractivity contribution in [1.82, 2.24) is 4.98 Å². The Morgan fingerprint density at radius 1 is 1.19 bits per heavy atom. The number of aromatic nitrogens is 1. The lowest BCUT2D eigenvalue weighted by Gasteiger charge is -2.10. The summed E-state index contributed by atoms with van der Waals surface area (Å²) in [6.45, 7) is 0. The van der Waals surface area contributed by atoms with Crippen molar-refractivity contribution in [3.05, 3.63) is 40.7 Å². The fraction of sp³-hybridized carbons (Fsp3) is 0.308. The van der Waals surface area contributed by atoms with Gasteiger partial charge in [-0.15, -0.1) is 11.3 Å². The Kier molecular flexibility index (Phi) is 4.60. The maximum atomic E-state index is 13.8. The topological polar surface area (TPSA) is 31.4 Å². The zero-order valence-electron chi connectivity index (χ0n) is 11.1. The molecule has 0 fully saturated rings. The van der Waals surface area contributed by atoms with Crippen LogP contribution in [0.3, 0.4) is 0 Å². The zero-order valence-corrected chi connectivity index (χ0v) is 11.9. The van der Waals surface area contributed by atoms with Gasteiger partial charge in [-0.1, -0.05) is 0 Å². The smallest absolute Gasteiger partial charge is 0.350 e. The Hall–Kier alpha value is -1.51. The molecule has 2 aromatic rings. The quantitative estimate of drug-likeness (QED) is 0.623. The molecule has 0 amide bonds. The third kappa shape index (κ3) is 3.39. The lowest BCUT2D eigenvalue weighted by Crippen LogP contribution is -2.06. The second-order valence-electron chi connectivity index (χ2n) is 4.07. The molecule has 21 heavy (non-hydrogen) atoms. The minimum absolute atomic E-state index is 0.132. The van der Waals surface area contributed by atoms with E-state index in [1.54, 1.807) is 5.38 Å². The molecule has 0 bridgehead atoms. The number of thiazole rings is 1. The molecular formula is C13H11F4NO2S. The summed E-state index contributed by atoms with van der Waals surface area (Å²) in [7, 11) is 2.80. The molecule has 0 saturated carbocycles. The van der Waals surface area contributed by atoms with E-state index in [1.807, 2.05) is 0 Å². The first-order valence-corrected chi connectivity index (χ1v) is 6.63. The molecule has 114 valence electrons. The highest BCUT2D eigenvalue weighted by molar-refractivity contribution is 7.13. The van der Waals surface area contributed by atoms with Gasteiger partial charge in [0.25, 0.3) is 0 Å². The van der Waals surface area contributed by atoms with Crippen molar-refractivity contribution in [2.24, 2.45) is 0 Å². The Bertz CT molecular complexity index is 623. The highest BCUT2D eigenvalue weighted by Crippen LogP contribution is 2.35. The van der Waals surface area contributed by atoms with Crippen LogP contribution in [-0.4, -0.2) is 19.2 Å². The van der Waals surface area contributed by atoms with E-state index in [0.29, 0.717) is 11.8 Å². The van der Waals surface area contributed by atoms with Crippen LogP contribution in [0.2, 0.25) is 0 Å². The highest BCUT2D eigenvalue weighted by Gasteiger charge is 2.31. The number of ether oxygens (including phenoxy) is 2. The Morgan fingerprint density at radius 2 is 1.86 bits per heavy atom. The molecule has 0 atom stereocenters. The summed E-state index contributed by atoms with van der Waals surface area (Å²) in [5.41, 5.74) is -0.755. The Balaban J connectivity index is 2.42. The number of hydrogen-bond donors (Lipinski definition) is 0. The number of benzene rings is 1. The monoisotopic (exact) mass is 321 g/mol. The minimum atomic E-state index is -4.54. The van der Waals surface area contributed by atoms with Crippen LogP contribution in [0.25, 0.3) is 10.6 Å². The van der Waals surface area contributed by atoms with E-state index in [4.69, 9.17) is 9.47 Å². The first kappa shape index (κ1) is 15.9. The van der Waals surface area contributed by atoms with E-state index >= 15 is 0 Å². The van der Waals surface area contributed by atoms with Gasteiger partial charge in [0.1, 0.15) is 16.5 Å². The van der Waals surface area contributed by atoms with E-state index in [2.05, 4.69) is 4.98 Å². The Labute approximate surface area is 122 Å². The van der Waals surface area contributed by atoms with Crippen molar-refractivity contribution in [2.45, 2.75) is 12.5 Å². The molecule has 0 aliphatic rings. The second kappa shape index (κ2) is 6.08.